The van der Waals surface area contributed by atoms with Gasteiger partial charge in [-0.3, -0.25) is 9.59 Å². The van der Waals surface area contributed by atoms with Crippen molar-refractivity contribution in [2.75, 3.05) is 11.1 Å². The number of thioether (sulfide) groups is 1. The predicted molar refractivity (Wildman–Crippen MR) is 142 cm³/mol. The molecule has 1 aliphatic carbocycles. The van der Waals surface area contributed by atoms with Crippen LogP contribution in [0.5, 0.6) is 0 Å². The Kier molecular flexibility index (Phi) is 7.11. The summed E-state index contributed by atoms with van der Waals surface area (Å²) in [5.74, 6) is 1.94. The highest BCUT2D eigenvalue weighted by Crippen LogP contribution is 2.33. The van der Waals surface area contributed by atoms with Gasteiger partial charge in [0.15, 0.2) is 0 Å². The van der Waals surface area contributed by atoms with Gasteiger partial charge < -0.3 is 10.3 Å². The van der Waals surface area contributed by atoms with Gasteiger partial charge in [0.2, 0.25) is 5.91 Å². The topological polar surface area (TPSA) is 74.8 Å². The number of benzene rings is 2. The summed E-state index contributed by atoms with van der Waals surface area (Å²) in [6.45, 7) is 0. The van der Waals surface area contributed by atoms with Gasteiger partial charge in [-0.05, 0) is 54.9 Å². The number of hydrogen-bond acceptors (Lipinski definition) is 5. The first-order valence-corrected chi connectivity index (χ1v) is 13.7. The quantitative estimate of drug-likeness (QED) is 0.311. The molecule has 34 heavy (non-hydrogen) atoms. The molecular weight excluding hydrogens is 462 g/mol. The van der Waals surface area contributed by atoms with Crippen LogP contribution in [0.2, 0.25) is 0 Å². The number of nitrogens with one attached hydrogen (secondary N) is 2. The Balaban J connectivity index is 1.15. The van der Waals surface area contributed by atoms with Crippen LogP contribution in [0.3, 0.4) is 0 Å². The highest BCUT2D eigenvalue weighted by Gasteiger charge is 2.19. The molecule has 1 amide bonds. The van der Waals surface area contributed by atoms with E-state index in [1.165, 1.54) is 22.4 Å². The molecule has 7 heteroatoms. The van der Waals surface area contributed by atoms with Crippen LogP contribution < -0.4 is 10.9 Å². The molecule has 1 aliphatic rings. The standard InChI is InChI=1S/C27H27N3O2S2/c31-24(28-21-12-6-4-10-19(21)16-18-8-2-1-3-9-18)14-15-33-17-23-29-26(32)25-20-11-5-7-13-22(20)34-27(25)30-23/h1-4,6,8-10,12H,5,7,11,13-17H2,(H,28,31)(H,29,30,32). The number of carbonyl (C=O) groups excluding carboxylic acids is 1. The minimum atomic E-state index is -0.0206. The zero-order chi connectivity index (χ0) is 23.3. The number of aromatic nitrogens is 2. The van der Waals surface area contributed by atoms with Crippen molar-refractivity contribution in [3.63, 3.8) is 0 Å². The molecular formula is C27H27N3O2S2. The van der Waals surface area contributed by atoms with Crippen LogP contribution in [0.25, 0.3) is 10.2 Å². The van der Waals surface area contributed by atoms with Gasteiger partial charge in [-0.25, -0.2) is 4.98 Å². The Morgan fingerprint density at radius 3 is 2.74 bits per heavy atom. The molecule has 0 spiro atoms. The van der Waals surface area contributed by atoms with E-state index in [9.17, 15) is 9.59 Å². The Morgan fingerprint density at radius 1 is 1.06 bits per heavy atom. The number of H-pyrrole nitrogens is 1. The number of aryl methyl sites for hydroxylation is 2. The first kappa shape index (κ1) is 22.9. The summed E-state index contributed by atoms with van der Waals surface area (Å²) in [5, 5.41) is 3.86. The summed E-state index contributed by atoms with van der Waals surface area (Å²) in [5.41, 5.74) is 4.36. The first-order valence-electron chi connectivity index (χ1n) is 11.7. The van der Waals surface area contributed by atoms with Crippen LogP contribution in [0.15, 0.2) is 59.4 Å². The molecule has 4 aromatic rings. The van der Waals surface area contributed by atoms with E-state index in [1.807, 2.05) is 36.4 Å². The van der Waals surface area contributed by atoms with E-state index in [-0.39, 0.29) is 11.5 Å². The molecule has 0 saturated carbocycles. The lowest BCUT2D eigenvalue weighted by Gasteiger charge is -2.11. The van der Waals surface area contributed by atoms with Crippen molar-refractivity contribution in [1.82, 2.24) is 9.97 Å². The molecule has 0 fully saturated rings. The van der Waals surface area contributed by atoms with Gasteiger partial charge in [0.1, 0.15) is 10.7 Å². The second-order valence-corrected chi connectivity index (χ2v) is 10.8. The number of para-hydroxylation sites is 1. The molecule has 0 atom stereocenters. The zero-order valence-electron chi connectivity index (χ0n) is 18.9. The van der Waals surface area contributed by atoms with Crippen LogP contribution in [-0.2, 0) is 29.8 Å². The summed E-state index contributed by atoms with van der Waals surface area (Å²) in [6, 6.07) is 18.2. The van der Waals surface area contributed by atoms with Crippen molar-refractivity contribution in [3.8, 4) is 0 Å². The van der Waals surface area contributed by atoms with Crippen LogP contribution in [0, 0.1) is 0 Å². The van der Waals surface area contributed by atoms with E-state index >= 15 is 0 Å². The zero-order valence-corrected chi connectivity index (χ0v) is 20.6. The van der Waals surface area contributed by atoms with Crippen molar-refractivity contribution in [1.29, 1.82) is 0 Å². The van der Waals surface area contributed by atoms with Crippen LogP contribution in [0.4, 0.5) is 5.69 Å². The lowest BCUT2D eigenvalue weighted by Crippen LogP contribution is -2.14. The molecule has 174 valence electrons. The maximum absolute atomic E-state index is 12.7. The van der Waals surface area contributed by atoms with E-state index in [2.05, 4.69) is 28.5 Å². The maximum atomic E-state index is 12.7. The molecule has 2 N–H and O–H groups in total. The minimum Gasteiger partial charge on any atom is -0.326 e. The number of amides is 1. The van der Waals surface area contributed by atoms with Gasteiger partial charge in [0, 0.05) is 22.7 Å². The van der Waals surface area contributed by atoms with Crippen LogP contribution in [0.1, 0.15) is 46.7 Å². The van der Waals surface area contributed by atoms with Gasteiger partial charge in [-0.1, -0.05) is 48.5 Å². The van der Waals surface area contributed by atoms with E-state index in [0.717, 1.165) is 47.2 Å². The Hall–Kier alpha value is -2.90. The van der Waals surface area contributed by atoms with Gasteiger partial charge in [0.05, 0.1) is 11.1 Å². The third-order valence-corrected chi connectivity index (χ3v) is 8.27. The molecule has 5 rings (SSSR count). The van der Waals surface area contributed by atoms with E-state index in [1.54, 1.807) is 23.1 Å². The number of thiophene rings is 1. The summed E-state index contributed by atoms with van der Waals surface area (Å²) in [7, 11) is 0. The summed E-state index contributed by atoms with van der Waals surface area (Å²) in [6.07, 6.45) is 5.57. The van der Waals surface area contributed by atoms with E-state index in [4.69, 9.17) is 4.98 Å². The van der Waals surface area contributed by atoms with Crippen molar-refractivity contribution < 1.29 is 4.79 Å². The van der Waals surface area contributed by atoms with E-state index < -0.39 is 0 Å². The number of anilines is 1. The third-order valence-electron chi connectivity index (χ3n) is 6.12. The van der Waals surface area contributed by atoms with Crippen molar-refractivity contribution in [2.45, 2.75) is 44.3 Å². The molecule has 0 aliphatic heterocycles. The lowest BCUT2D eigenvalue weighted by molar-refractivity contribution is -0.115. The molecule has 0 bridgehead atoms. The minimum absolute atomic E-state index is 0.00384. The Labute approximate surface area is 207 Å². The van der Waals surface area contributed by atoms with Crippen molar-refractivity contribution in [2.24, 2.45) is 0 Å². The summed E-state index contributed by atoms with van der Waals surface area (Å²) < 4.78 is 0. The van der Waals surface area contributed by atoms with Crippen LogP contribution >= 0.6 is 23.1 Å². The van der Waals surface area contributed by atoms with Crippen molar-refractivity contribution >= 4 is 44.9 Å². The number of aromatic amines is 1. The second kappa shape index (κ2) is 10.6. The number of nitrogens with zero attached hydrogens (tertiary/aromatic N) is 1. The molecule has 5 nitrogen and oxygen atoms in total. The molecule has 2 aromatic carbocycles. The van der Waals surface area contributed by atoms with Gasteiger partial charge in [-0.15, -0.1) is 11.3 Å². The van der Waals surface area contributed by atoms with Crippen LogP contribution in [-0.4, -0.2) is 21.6 Å². The average Bonchev–Trinajstić information content (AvgIpc) is 3.23. The first-order chi connectivity index (χ1) is 16.7. The molecule has 0 radical (unpaired) electrons. The normalized spacial score (nSPS) is 13.1. The largest absolute Gasteiger partial charge is 0.326 e. The van der Waals surface area contributed by atoms with Crippen molar-refractivity contribution in [3.05, 3.63) is 92.3 Å². The molecule has 0 unspecified atom stereocenters. The Bertz CT molecular complexity index is 1360. The summed E-state index contributed by atoms with van der Waals surface area (Å²) in [4.78, 5) is 35.1. The Morgan fingerprint density at radius 2 is 1.85 bits per heavy atom. The highest BCUT2D eigenvalue weighted by atomic mass is 32.2. The highest BCUT2D eigenvalue weighted by molar-refractivity contribution is 7.98. The van der Waals surface area contributed by atoms with E-state index in [0.29, 0.717) is 23.8 Å². The monoisotopic (exact) mass is 489 g/mol. The maximum Gasteiger partial charge on any atom is 0.259 e. The smallest absolute Gasteiger partial charge is 0.259 e. The fraction of sp³-hybridized carbons (Fsp3) is 0.296. The number of rotatable bonds is 8. The number of hydrogen-bond donors (Lipinski definition) is 2. The number of fused-ring (bicyclic) bond motifs is 3. The second-order valence-electron chi connectivity index (χ2n) is 8.57. The molecule has 2 aromatic heterocycles. The van der Waals surface area contributed by atoms with Gasteiger partial charge in [0.25, 0.3) is 5.56 Å². The fourth-order valence-electron chi connectivity index (χ4n) is 4.44. The molecule has 0 saturated heterocycles. The number of carbonyl (C=O) groups is 1. The third kappa shape index (κ3) is 5.26. The summed E-state index contributed by atoms with van der Waals surface area (Å²) >= 11 is 3.29. The average molecular weight is 490 g/mol. The predicted octanol–water partition coefficient (Wildman–Crippen LogP) is 5.72. The fourth-order valence-corrected chi connectivity index (χ4v) is 6.52. The molecule has 2 heterocycles. The van der Waals surface area contributed by atoms with Gasteiger partial charge >= 0.3 is 0 Å². The lowest BCUT2D eigenvalue weighted by atomic mass is 9.97. The SMILES string of the molecule is O=C(CCSCc1nc2sc3c(c2c(=O)[nH]1)CCCC3)Nc1ccccc1Cc1ccccc1. The van der Waals surface area contributed by atoms with Gasteiger partial charge in [-0.2, -0.15) is 11.8 Å².